The van der Waals surface area contributed by atoms with Gasteiger partial charge in [-0.15, -0.1) is 6.58 Å². The van der Waals surface area contributed by atoms with Crippen LogP contribution in [-0.2, 0) is 9.53 Å². The summed E-state index contributed by atoms with van der Waals surface area (Å²) in [6, 6.07) is 14.7. The number of rotatable bonds is 6. The Morgan fingerprint density at radius 1 is 1.26 bits per heavy atom. The van der Waals surface area contributed by atoms with Crippen LogP contribution in [0.15, 0.2) is 67.3 Å². The van der Waals surface area contributed by atoms with Crippen molar-refractivity contribution in [3.05, 3.63) is 88.5 Å². The zero-order valence-corrected chi connectivity index (χ0v) is 14.5. The highest BCUT2D eigenvalue weighted by atomic mass is 16.6. The molecule has 2 amide bonds. The third kappa shape index (κ3) is 3.87. The third-order valence-corrected chi connectivity index (χ3v) is 4.54. The number of amides is 2. The fraction of sp³-hybridized carbons (Fsp3) is 0.200. The number of non-ortho nitro benzene ring substituents is 1. The van der Waals surface area contributed by atoms with Crippen molar-refractivity contribution in [3.8, 4) is 0 Å². The molecule has 2 aromatic rings. The Labute approximate surface area is 156 Å². The van der Waals surface area contributed by atoms with E-state index in [-0.39, 0.29) is 30.5 Å². The molecule has 0 N–H and O–H groups in total. The average Bonchev–Trinajstić information content (AvgIpc) is 3.08. The molecule has 7 nitrogen and oxygen atoms in total. The molecule has 0 unspecified atom stereocenters. The molecule has 0 spiro atoms. The molecule has 0 radical (unpaired) electrons. The quantitative estimate of drug-likeness (QED) is 0.438. The van der Waals surface area contributed by atoms with Crippen LogP contribution in [0.25, 0.3) is 0 Å². The van der Waals surface area contributed by atoms with E-state index in [1.807, 2.05) is 30.3 Å². The van der Waals surface area contributed by atoms with E-state index in [1.165, 1.54) is 12.1 Å². The summed E-state index contributed by atoms with van der Waals surface area (Å²) in [4.78, 5) is 36.4. The van der Waals surface area contributed by atoms with Gasteiger partial charge in [0.05, 0.1) is 4.92 Å². The summed E-state index contributed by atoms with van der Waals surface area (Å²) in [5.74, 6) is -0.752. The first kappa shape index (κ1) is 18.3. The number of imide groups is 1. The molecule has 2 atom stereocenters. The number of hydrogen-bond donors (Lipinski definition) is 0. The van der Waals surface area contributed by atoms with Crippen molar-refractivity contribution in [1.82, 2.24) is 4.90 Å². The van der Waals surface area contributed by atoms with Crippen LogP contribution in [0.1, 0.15) is 29.5 Å². The van der Waals surface area contributed by atoms with Gasteiger partial charge in [-0.05, 0) is 11.1 Å². The third-order valence-electron chi connectivity index (χ3n) is 4.54. The second kappa shape index (κ2) is 7.82. The molecule has 0 aliphatic carbocycles. The summed E-state index contributed by atoms with van der Waals surface area (Å²) < 4.78 is 5.08. The lowest BCUT2D eigenvalue weighted by Gasteiger charge is -2.22. The molecule has 0 bridgehead atoms. The molecule has 7 heteroatoms. The monoisotopic (exact) mass is 366 g/mol. The van der Waals surface area contributed by atoms with Crippen molar-refractivity contribution in [2.75, 3.05) is 6.61 Å². The van der Waals surface area contributed by atoms with Crippen molar-refractivity contribution in [1.29, 1.82) is 0 Å². The summed E-state index contributed by atoms with van der Waals surface area (Å²) >= 11 is 0. The predicted molar refractivity (Wildman–Crippen MR) is 98.0 cm³/mol. The summed E-state index contributed by atoms with van der Waals surface area (Å²) in [5.41, 5.74) is 1.51. The number of nitro groups is 1. The van der Waals surface area contributed by atoms with E-state index in [1.54, 1.807) is 18.2 Å². The van der Waals surface area contributed by atoms with Gasteiger partial charge in [0, 0.05) is 24.5 Å². The molecule has 27 heavy (non-hydrogen) atoms. The Kier molecular flexibility index (Phi) is 5.30. The van der Waals surface area contributed by atoms with E-state index in [4.69, 9.17) is 4.74 Å². The number of cyclic esters (lactones) is 1. The van der Waals surface area contributed by atoms with Crippen molar-refractivity contribution >= 4 is 17.7 Å². The average molecular weight is 366 g/mol. The van der Waals surface area contributed by atoms with E-state index in [2.05, 4.69) is 6.58 Å². The van der Waals surface area contributed by atoms with Crippen LogP contribution in [0.2, 0.25) is 0 Å². The molecule has 1 aliphatic heterocycles. The number of nitro benzene ring substituents is 1. The van der Waals surface area contributed by atoms with Gasteiger partial charge in [-0.1, -0.05) is 48.5 Å². The van der Waals surface area contributed by atoms with Gasteiger partial charge >= 0.3 is 6.09 Å². The van der Waals surface area contributed by atoms with E-state index < -0.39 is 17.1 Å². The zero-order chi connectivity index (χ0) is 19.4. The molecule has 3 rings (SSSR count). The van der Waals surface area contributed by atoms with E-state index in [0.29, 0.717) is 5.56 Å². The standard InChI is InChI=1S/C20H18N2O5/c1-2-14(15-8-10-17(11-9-15)22(25)26)12-19(23)21-18(13-27-20(21)24)16-6-4-3-5-7-16/h2-11,14,18H,1,12-13H2/t14-,18+/m0/s1. The van der Waals surface area contributed by atoms with Crippen LogP contribution in [-0.4, -0.2) is 28.4 Å². The summed E-state index contributed by atoms with van der Waals surface area (Å²) in [6.07, 6.45) is 0.943. The van der Waals surface area contributed by atoms with Gasteiger partial charge in [0.2, 0.25) is 5.91 Å². The molecular weight excluding hydrogens is 348 g/mol. The molecule has 2 aromatic carbocycles. The Balaban J connectivity index is 1.78. The smallest absolute Gasteiger partial charge is 0.417 e. The predicted octanol–water partition coefficient (Wildman–Crippen LogP) is 3.97. The number of benzene rings is 2. The van der Waals surface area contributed by atoms with Crippen LogP contribution in [0.5, 0.6) is 0 Å². The van der Waals surface area contributed by atoms with Crippen molar-refractivity contribution in [3.63, 3.8) is 0 Å². The van der Waals surface area contributed by atoms with Crippen molar-refractivity contribution in [2.24, 2.45) is 0 Å². The van der Waals surface area contributed by atoms with Crippen LogP contribution in [0.3, 0.4) is 0 Å². The number of nitrogens with zero attached hydrogens (tertiary/aromatic N) is 2. The summed E-state index contributed by atoms with van der Waals surface area (Å²) in [7, 11) is 0. The Hall–Kier alpha value is -3.48. The molecule has 0 aromatic heterocycles. The molecule has 138 valence electrons. The van der Waals surface area contributed by atoms with Gasteiger partial charge < -0.3 is 4.74 Å². The fourth-order valence-corrected chi connectivity index (χ4v) is 3.08. The number of ether oxygens (including phenoxy) is 1. The maximum Gasteiger partial charge on any atom is 0.417 e. The van der Waals surface area contributed by atoms with Crippen LogP contribution >= 0.6 is 0 Å². The van der Waals surface area contributed by atoms with Crippen LogP contribution < -0.4 is 0 Å². The van der Waals surface area contributed by atoms with Crippen molar-refractivity contribution < 1.29 is 19.2 Å². The summed E-state index contributed by atoms with van der Waals surface area (Å²) in [6.45, 7) is 3.87. The van der Waals surface area contributed by atoms with Gasteiger partial charge in [-0.2, -0.15) is 0 Å². The normalized spacial score (nSPS) is 17.3. The highest BCUT2D eigenvalue weighted by Crippen LogP contribution is 2.31. The fourth-order valence-electron chi connectivity index (χ4n) is 3.08. The SMILES string of the molecule is C=C[C@@H](CC(=O)N1C(=O)OC[C@@H]1c1ccccc1)c1ccc([N+](=O)[O-])cc1. The summed E-state index contributed by atoms with van der Waals surface area (Å²) in [5, 5.41) is 10.8. The highest BCUT2D eigenvalue weighted by Gasteiger charge is 2.39. The zero-order valence-electron chi connectivity index (χ0n) is 14.5. The van der Waals surface area contributed by atoms with E-state index >= 15 is 0 Å². The highest BCUT2D eigenvalue weighted by molar-refractivity contribution is 5.94. The molecule has 1 aliphatic rings. The van der Waals surface area contributed by atoms with E-state index in [0.717, 1.165) is 10.5 Å². The second-order valence-corrected chi connectivity index (χ2v) is 6.16. The van der Waals surface area contributed by atoms with Crippen molar-refractivity contribution in [2.45, 2.75) is 18.4 Å². The lowest BCUT2D eigenvalue weighted by molar-refractivity contribution is -0.384. The van der Waals surface area contributed by atoms with E-state index in [9.17, 15) is 19.7 Å². The van der Waals surface area contributed by atoms with Gasteiger partial charge in [0.1, 0.15) is 12.6 Å². The molecule has 1 saturated heterocycles. The molecule has 0 saturated carbocycles. The Bertz CT molecular complexity index is 864. The maximum absolute atomic E-state index is 12.8. The van der Waals surface area contributed by atoms with Crippen LogP contribution in [0.4, 0.5) is 10.5 Å². The topological polar surface area (TPSA) is 89.8 Å². The maximum atomic E-state index is 12.8. The van der Waals surface area contributed by atoms with Gasteiger partial charge in [0.25, 0.3) is 5.69 Å². The Morgan fingerprint density at radius 2 is 1.93 bits per heavy atom. The first-order chi connectivity index (χ1) is 13.0. The number of carbonyl (C=O) groups is 2. The Morgan fingerprint density at radius 3 is 2.52 bits per heavy atom. The molecule has 1 fully saturated rings. The molecule has 1 heterocycles. The van der Waals surface area contributed by atoms with Gasteiger partial charge in [-0.25, -0.2) is 9.69 Å². The first-order valence-electron chi connectivity index (χ1n) is 8.42. The number of carbonyl (C=O) groups excluding carboxylic acids is 2. The lowest BCUT2D eigenvalue weighted by atomic mass is 9.94. The minimum atomic E-state index is -0.666. The minimum Gasteiger partial charge on any atom is -0.446 e. The van der Waals surface area contributed by atoms with Gasteiger partial charge in [-0.3, -0.25) is 14.9 Å². The molecular formula is C20H18N2O5. The van der Waals surface area contributed by atoms with Crippen LogP contribution in [0, 0.1) is 10.1 Å². The first-order valence-corrected chi connectivity index (χ1v) is 8.42. The largest absolute Gasteiger partial charge is 0.446 e. The second-order valence-electron chi connectivity index (χ2n) is 6.16. The minimum absolute atomic E-state index is 0.0136. The number of allylic oxidation sites excluding steroid dienone is 1. The lowest BCUT2D eigenvalue weighted by Crippen LogP contribution is -2.34. The number of hydrogen-bond acceptors (Lipinski definition) is 5. The van der Waals surface area contributed by atoms with Gasteiger partial charge in [0.15, 0.2) is 0 Å².